The average molecular weight is 375 g/mol. The van der Waals surface area contributed by atoms with Gasteiger partial charge in [-0.05, 0) is 18.4 Å². The predicted octanol–water partition coefficient (Wildman–Crippen LogP) is 1.31. The van der Waals surface area contributed by atoms with Gasteiger partial charge in [-0.2, -0.15) is 18.7 Å². The molecule has 0 bridgehead atoms. The van der Waals surface area contributed by atoms with Gasteiger partial charge in [-0.3, -0.25) is 19.9 Å². The van der Waals surface area contributed by atoms with Crippen molar-refractivity contribution in [2.75, 3.05) is 13.7 Å². The van der Waals surface area contributed by atoms with Crippen LogP contribution in [-0.2, 0) is 25.8 Å². The minimum atomic E-state index is -5.05. The van der Waals surface area contributed by atoms with Crippen LogP contribution in [-0.4, -0.2) is 48.8 Å². The van der Waals surface area contributed by atoms with E-state index in [4.69, 9.17) is 4.84 Å². The Hall–Kier alpha value is -2.17. The molecule has 26 heavy (non-hydrogen) atoms. The molecule has 0 saturated carbocycles. The number of esters is 1. The molecule has 2 rings (SSSR count). The summed E-state index contributed by atoms with van der Waals surface area (Å²) in [6.07, 6.45) is -4.38. The molecule has 10 heteroatoms. The summed E-state index contributed by atoms with van der Waals surface area (Å²) in [4.78, 5) is 28.4. The number of amides is 1. The van der Waals surface area contributed by atoms with Crippen molar-refractivity contribution in [1.29, 1.82) is 0 Å². The number of hydrazine groups is 1. The summed E-state index contributed by atoms with van der Waals surface area (Å²) in [6.45, 7) is 0.225. The second-order valence-corrected chi connectivity index (χ2v) is 5.80. The molecule has 7 nitrogen and oxygen atoms in total. The van der Waals surface area contributed by atoms with Crippen LogP contribution in [0.5, 0.6) is 0 Å². The lowest BCUT2D eigenvalue weighted by Gasteiger charge is -2.37. The van der Waals surface area contributed by atoms with Crippen LogP contribution in [0.4, 0.5) is 13.2 Å². The zero-order valence-corrected chi connectivity index (χ0v) is 14.1. The summed E-state index contributed by atoms with van der Waals surface area (Å²) >= 11 is 0. The van der Waals surface area contributed by atoms with Gasteiger partial charge in [0.15, 0.2) is 0 Å². The van der Waals surface area contributed by atoms with Crippen LogP contribution in [0.15, 0.2) is 30.3 Å². The molecular weight excluding hydrogens is 355 g/mol. The van der Waals surface area contributed by atoms with Crippen molar-refractivity contribution < 1.29 is 32.3 Å². The molecule has 1 saturated heterocycles. The van der Waals surface area contributed by atoms with Crippen molar-refractivity contribution >= 4 is 11.9 Å². The Labute approximate surface area is 148 Å². The number of alkyl halides is 3. The van der Waals surface area contributed by atoms with Crippen molar-refractivity contribution in [3.05, 3.63) is 35.9 Å². The molecule has 0 aromatic heterocycles. The second kappa shape index (κ2) is 8.97. The van der Waals surface area contributed by atoms with E-state index in [1.165, 1.54) is 0 Å². The molecule has 1 aliphatic rings. The Balaban J connectivity index is 1.92. The molecule has 1 amide bonds. The SMILES string of the molecule is COC(=O)[C@@H]1CC[C@@H](NOCc2ccccc2)CN1NC(=O)C(F)(F)F. The van der Waals surface area contributed by atoms with Gasteiger partial charge < -0.3 is 4.74 Å². The first-order valence-electron chi connectivity index (χ1n) is 7.94. The standard InChI is InChI=1S/C16H20F3N3O4/c1-25-14(23)13-8-7-12(9-22(13)20-15(24)16(17,18)19)21-26-10-11-5-3-2-4-6-11/h2-6,12-13,21H,7-10H2,1H3,(H,20,24)/t12-,13+/m1/s1. The fourth-order valence-corrected chi connectivity index (χ4v) is 2.58. The lowest BCUT2D eigenvalue weighted by Crippen LogP contribution is -2.61. The molecule has 144 valence electrons. The first-order chi connectivity index (χ1) is 12.3. The van der Waals surface area contributed by atoms with Crippen LogP contribution >= 0.6 is 0 Å². The van der Waals surface area contributed by atoms with Crippen LogP contribution < -0.4 is 10.9 Å². The maximum Gasteiger partial charge on any atom is 0.472 e. The summed E-state index contributed by atoms with van der Waals surface area (Å²) < 4.78 is 42.1. The number of halogens is 3. The fraction of sp³-hybridized carbons (Fsp3) is 0.500. The van der Waals surface area contributed by atoms with Crippen LogP contribution in [0.25, 0.3) is 0 Å². The van der Waals surface area contributed by atoms with Gasteiger partial charge >= 0.3 is 18.1 Å². The van der Waals surface area contributed by atoms with Gasteiger partial charge in [-0.15, -0.1) is 0 Å². The Morgan fingerprint density at radius 2 is 1.92 bits per heavy atom. The number of nitrogens with zero attached hydrogens (tertiary/aromatic N) is 1. The smallest absolute Gasteiger partial charge is 0.468 e. The topological polar surface area (TPSA) is 79.9 Å². The van der Waals surface area contributed by atoms with Crippen LogP contribution in [0.3, 0.4) is 0 Å². The van der Waals surface area contributed by atoms with Crippen molar-refractivity contribution in [1.82, 2.24) is 15.9 Å². The van der Waals surface area contributed by atoms with Crippen molar-refractivity contribution in [2.24, 2.45) is 0 Å². The first-order valence-corrected chi connectivity index (χ1v) is 7.94. The second-order valence-electron chi connectivity index (χ2n) is 5.80. The number of carbonyl (C=O) groups is 2. The van der Waals surface area contributed by atoms with Gasteiger partial charge in [0.05, 0.1) is 13.7 Å². The molecular formula is C16H20F3N3O4. The van der Waals surface area contributed by atoms with E-state index in [2.05, 4.69) is 10.2 Å². The maximum atomic E-state index is 12.5. The Kier molecular flexibility index (Phi) is 6.95. The highest BCUT2D eigenvalue weighted by molar-refractivity contribution is 5.82. The van der Waals surface area contributed by atoms with Gasteiger partial charge in [0.25, 0.3) is 0 Å². The van der Waals surface area contributed by atoms with E-state index >= 15 is 0 Å². The van der Waals surface area contributed by atoms with Gasteiger partial charge in [0.1, 0.15) is 6.04 Å². The fourth-order valence-electron chi connectivity index (χ4n) is 2.58. The molecule has 0 aliphatic carbocycles. The Morgan fingerprint density at radius 1 is 1.23 bits per heavy atom. The zero-order valence-electron chi connectivity index (χ0n) is 14.1. The summed E-state index contributed by atoms with van der Waals surface area (Å²) in [6, 6.07) is 7.96. The monoisotopic (exact) mass is 375 g/mol. The molecule has 1 heterocycles. The highest BCUT2D eigenvalue weighted by Gasteiger charge is 2.43. The van der Waals surface area contributed by atoms with Crippen molar-refractivity contribution in [3.8, 4) is 0 Å². The molecule has 1 fully saturated rings. The maximum absolute atomic E-state index is 12.5. The third-order valence-corrected chi connectivity index (χ3v) is 3.89. The number of hydrogen-bond donors (Lipinski definition) is 2. The normalized spacial score (nSPS) is 21.2. The highest BCUT2D eigenvalue weighted by Crippen LogP contribution is 2.20. The minimum Gasteiger partial charge on any atom is -0.468 e. The highest BCUT2D eigenvalue weighted by atomic mass is 19.4. The van der Waals surface area contributed by atoms with Crippen LogP contribution in [0.2, 0.25) is 0 Å². The molecule has 2 N–H and O–H groups in total. The van der Waals surface area contributed by atoms with E-state index in [9.17, 15) is 22.8 Å². The van der Waals surface area contributed by atoms with E-state index in [1.54, 1.807) is 5.43 Å². The number of hydrogen-bond acceptors (Lipinski definition) is 6. The van der Waals surface area contributed by atoms with Crippen molar-refractivity contribution in [3.63, 3.8) is 0 Å². The van der Waals surface area contributed by atoms with Gasteiger partial charge in [-0.25, -0.2) is 5.01 Å². The third kappa shape index (κ3) is 5.68. The number of hydroxylamine groups is 1. The molecule has 0 unspecified atom stereocenters. The average Bonchev–Trinajstić information content (AvgIpc) is 2.61. The first kappa shape index (κ1) is 20.1. The summed E-state index contributed by atoms with van der Waals surface area (Å²) in [5, 5.41) is 0.939. The predicted molar refractivity (Wildman–Crippen MR) is 84.1 cm³/mol. The molecule has 2 atom stereocenters. The Bertz CT molecular complexity index is 613. The summed E-state index contributed by atoms with van der Waals surface area (Å²) in [5.74, 6) is -2.85. The molecule has 1 aliphatic heterocycles. The van der Waals surface area contributed by atoms with E-state index in [0.29, 0.717) is 6.42 Å². The van der Waals surface area contributed by atoms with E-state index in [1.807, 2.05) is 30.3 Å². The number of piperidine rings is 1. The minimum absolute atomic E-state index is 0.0453. The van der Waals surface area contributed by atoms with Crippen LogP contribution in [0, 0.1) is 0 Å². The van der Waals surface area contributed by atoms with Crippen molar-refractivity contribution in [2.45, 2.75) is 37.7 Å². The van der Waals surface area contributed by atoms with E-state index < -0.39 is 24.1 Å². The largest absolute Gasteiger partial charge is 0.472 e. The van der Waals surface area contributed by atoms with Gasteiger partial charge in [0, 0.05) is 12.6 Å². The number of rotatable bonds is 6. The number of benzene rings is 1. The molecule has 1 aromatic rings. The number of methoxy groups -OCH3 is 1. The number of ether oxygens (including phenoxy) is 1. The quantitative estimate of drug-likeness (QED) is 0.577. The molecule has 0 radical (unpaired) electrons. The summed E-state index contributed by atoms with van der Waals surface area (Å²) in [7, 11) is 1.14. The van der Waals surface area contributed by atoms with Gasteiger partial charge in [0.2, 0.25) is 0 Å². The Morgan fingerprint density at radius 3 is 2.54 bits per heavy atom. The lowest BCUT2D eigenvalue weighted by molar-refractivity contribution is -0.182. The summed E-state index contributed by atoms with van der Waals surface area (Å²) in [5.41, 5.74) is 5.42. The van der Waals surface area contributed by atoms with E-state index in [-0.39, 0.29) is 25.6 Å². The number of carbonyl (C=O) groups excluding carboxylic acids is 2. The molecule has 0 spiro atoms. The van der Waals surface area contributed by atoms with Crippen LogP contribution in [0.1, 0.15) is 18.4 Å². The van der Waals surface area contributed by atoms with E-state index in [0.717, 1.165) is 17.7 Å². The number of nitrogens with one attached hydrogen (secondary N) is 2. The molecule has 1 aromatic carbocycles. The van der Waals surface area contributed by atoms with Gasteiger partial charge in [-0.1, -0.05) is 30.3 Å². The third-order valence-electron chi connectivity index (χ3n) is 3.89. The zero-order chi connectivity index (χ0) is 19.2. The lowest BCUT2D eigenvalue weighted by atomic mass is 10.0.